The van der Waals surface area contributed by atoms with E-state index in [1.54, 1.807) is 12.3 Å². The highest BCUT2D eigenvalue weighted by molar-refractivity contribution is 5.68. The minimum absolute atomic E-state index is 0.340. The lowest BCUT2D eigenvalue weighted by molar-refractivity contribution is 0.301. The molecule has 0 saturated carbocycles. The number of fused-ring (bicyclic) bond motifs is 2. The molecule has 0 radical (unpaired) electrons. The van der Waals surface area contributed by atoms with Crippen molar-refractivity contribution in [2.45, 2.75) is 19.9 Å². The number of hydrogen-bond donors (Lipinski definition) is 0. The number of hydrogen-bond acceptors (Lipinski definition) is 8. The van der Waals surface area contributed by atoms with Gasteiger partial charge < -0.3 is 14.5 Å². The Hall–Kier alpha value is -3.73. The largest absolute Gasteiger partial charge is 0.474 e. The standard InChI is InChI=1S/C21H19N7O/c1-14-9-16(11-22)25-26-20(14)27-6-4-18-15(13-27)10-17(12-24-18)28-7-8-29-21-19(28)3-2-5-23-21/h2-3,5,9-10,12H,4,6-8,13H2,1H3. The molecule has 2 aliphatic heterocycles. The van der Waals surface area contributed by atoms with Crippen LogP contribution in [0.1, 0.15) is 22.5 Å². The summed E-state index contributed by atoms with van der Waals surface area (Å²) < 4.78 is 5.68. The third kappa shape index (κ3) is 3.10. The summed E-state index contributed by atoms with van der Waals surface area (Å²) in [4.78, 5) is 13.5. The quantitative estimate of drug-likeness (QED) is 0.665. The SMILES string of the molecule is Cc1cc(C#N)nnc1N1CCc2ncc(N3CCOc4ncccc43)cc2C1. The molecule has 2 aliphatic rings. The molecule has 144 valence electrons. The van der Waals surface area contributed by atoms with Crippen molar-refractivity contribution in [2.75, 3.05) is 29.5 Å². The van der Waals surface area contributed by atoms with Crippen LogP contribution in [0.4, 0.5) is 17.2 Å². The zero-order valence-corrected chi connectivity index (χ0v) is 16.0. The van der Waals surface area contributed by atoms with Gasteiger partial charge in [0.1, 0.15) is 18.4 Å². The van der Waals surface area contributed by atoms with Crippen molar-refractivity contribution in [2.24, 2.45) is 0 Å². The van der Waals surface area contributed by atoms with Crippen LogP contribution in [0.15, 0.2) is 36.7 Å². The minimum atomic E-state index is 0.340. The van der Waals surface area contributed by atoms with Crippen LogP contribution in [0.5, 0.6) is 5.88 Å². The van der Waals surface area contributed by atoms with E-state index in [-0.39, 0.29) is 0 Å². The van der Waals surface area contributed by atoms with Gasteiger partial charge >= 0.3 is 0 Å². The second-order valence-electron chi connectivity index (χ2n) is 7.15. The van der Waals surface area contributed by atoms with Crippen LogP contribution in [0.2, 0.25) is 0 Å². The Labute approximate surface area is 168 Å². The Morgan fingerprint density at radius 3 is 2.97 bits per heavy atom. The van der Waals surface area contributed by atoms with Gasteiger partial charge in [0.2, 0.25) is 5.88 Å². The molecule has 0 aromatic carbocycles. The summed E-state index contributed by atoms with van der Waals surface area (Å²) in [5.41, 5.74) is 5.58. The van der Waals surface area contributed by atoms with Crippen LogP contribution in [-0.4, -0.2) is 39.9 Å². The highest BCUT2D eigenvalue weighted by atomic mass is 16.5. The monoisotopic (exact) mass is 385 g/mol. The van der Waals surface area contributed by atoms with Gasteiger partial charge in [-0.05, 0) is 42.3 Å². The summed E-state index contributed by atoms with van der Waals surface area (Å²) in [5, 5.41) is 17.3. The third-order valence-corrected chi connectivity index (χ3v) is 5.30. The number of ether oxygens (including phenoxy) is 1. The number of anilines is 3. The smallest absolute Gasteiger partial charge is 0.237 e. The number of rotatable bonds is 2. The van der Waals surface area contributed by atoms with E-state index in [0.29, 0.717) is 24.7 Å². The van der Waals surface area contributed by atoms with Gasteiger partial charge in [0.15, 0.2) is 11.5 Å². The Balaban J connectivity index is 1.46. The van der Waals surface area contributed by atoms with Gasteiger partial charge in [0.25, 0.3) is 0 Å². The van der Waals surface area contributed by atoms with Crippen molar-refractivity contribution < 1.29 is 4.74 Å². The summed E-state index contributed by atoms with van der Waals surface area (Å²) in [6, 6.07) is 9.96. The Morgan fingerprint density at radius 1 is 1.17 bits per heavy atom. The van der Waals surface area contributed by atoms with Crippen molar-refractivity contribution in [1.82, 2.24) is 20.2 Å². The number of nitriles is 1. The number of aryl methyl sites for hydroxylation is 1. The van der Waals surface area contributed by atoms with Crippen LogP contribution < -0.4 is 14.5 Å². The molecule has 3 aromatic rings. The Kier molecular flexibility index (Phi) is 4.21. The van der Waals surface area contributed by atoms with Crippen LogP contribution in [-0.2, 0) is 13.0 Å². The predicted octanol–water partition coefficient (Wildman–Crippen LogP) is 2.54. The summed E-state index contributed by atoms with van der Waals surface area (Å²) in [6.07, 6.45) is 4.52. The van der Waals surface area contributed by atoms with Crippen LogP contribution in [0, 0.1) is 18.3 Å². The van der Waals surface area contributed by atoms with Gasteiger partial charge in [-0.1, -0.05) is 0 Å². The maximum absolute atomic E-state index is 9.03. The van der Waals surface area contributed by atoms with E-state index in [1.807, 2.05) is 31.3 Å². The Bertz CT molecular complexity index is 1120. The van der Waals surface area contributed by atoms with E-state index in [2.05, 4.69) is 31.0 Å². The minimum Gasteiger partial charge on any atom is -0.474 e. The average molecular weight is 385 g/mol. The first kappa shape index (κ1) is 17.4. The molecule has 0 aliphatic carbocycles. The zero-order chi connectivity index (χ0) is 19.8. The van der Waals surface area contributed by atoms with E-state index in [1.165, 1.54) is 5.56 Å². The van der Waals surface area contributed by atoms with E-state index in [9.17, 15) is 0 Å². The van der Waals surface area contributed by atoms with Gasteiger partial charge in [0.05, 0.1) is 18.4 Å². The first-order valence-corrected chi connectivity index (χ1v) is 9.55. The second-order valence-corrected chi connectivity index (χ2v) is 7.15. The average Bonchev–Trinajstić information content (AvgIpc) is 2.78. The fourth-order valence-corrected chi connectivity index (χ4v) is 3.91. The molecule has 0 fully saturated rings. The summed E-state index contributed by atoms with van der Waals surface area (Å²) in [5.74, 6) is 1.47. The molecule has 29 heavy (non-hydrogen) atoms. The first-order valence-electron chi connectivity index (χ1n) is 9.55. The fourth-order valence-electron chi connectivity index (χ4n) is 3.91. The van der Waals surface area contributed by atoms with Crippen LogP contribution in [0.3, 0.4) is 0 Å². The van der Waals surface area contributed by atoms with E-state index in [4.69, 9.17) is 15.0 Å². The molecule has 0 saturated heterocycles. The number of aromatic nitrogens is 4. The number of nitrogens with zero attached hydrogens (tertiary/aromatic N) is 7. The molecular weight excluding hydrogens is 366 g/mol. The molecule has 3 aromatic heterocycles. The van der Waals surface area contributed by atoms with Gasteiger partial charge in [0, 0.05) is 31.4 Å². The molecular formula is C21H19N7O. The van der Waals surface area contributed by atoms with E-state index in [0.717, 1.165) is 48.0 Å². The molecule has 0 amide bonds. The van der Waals surface area contributed by atoms with E-state index < -0.39 is 0 Å². The summed E-state index contributed by atoms with van der Waals surface area (Å²) in [7, 11) is 0. The molecule has 0 bridgehead atoms. The molecule has 5 rings (SSSR count). The molecule has 0 spiro atoms. The lowest BCUT2D eigenvalue weighted by Crippen LogP contribution is -2.33. The zero-order valence-electron chi connectivity index (χ0n) is 16.0. The fraction of sp³-hybridized carbons (Fsp3) is 0.286. The van der Waals surface area contributed by atoms with Crippen LogP contribution >= 0.6 is 0 Å². The van der Waals surface area contributed by atoms with Crippen molar-refractivity contribution in [1.29, 1.82) is 5.26 Å². The molecule has 0 N–H and O–H groups in total. The van der Waals surface area contributed by atoms with Gasteiger partial charge in [-0.2, -0.15) is 5.26 Å². The van der Waals surface area contributed by atoms with Crippen molar-refractivity contribution in [3.05, 3.63) is 59.2 Å². The first-order chi connectivity index (χ1) is 14.2. The summed E-state index contributed by atoms with van der Waals surface area (Å²) >= 11 is 0. The highest BCUT2D eigenvalue weighted by Crippen LogP contribution is 2.35. The molecule has 5 heterocycles. The van der Waals surface area contributed by atoms with Crippen molar-refractivity contribution >= 4 is 17.2 Å². The maximum Gasteiger partial charge on any atom is 0.237 e. The molecule has 8 nitrogen and oxygen atoms in total. The Morgan fingerprint density at radius 2 is 2.10 bits per heavy atom. The van der Waals surface area contributed by atoms with Crippen molar-refractivity contribution in [3.8, 4) is 11.9 Å². The highest BCUT2D eigenvalue weighted by Gasteiger charge is 2.24. The lowest BCUT2D eigenvalue weighted by atomic mass is 10.0. The normalized spacial score (nSPS) is 15.2. The van der Waals surface area contributed by atoms with Gasteiger partial charge in [-0.3, -0.25) is 4.98 Å². The molecule has 0 unspecified atom stereocenters. The van der Waals surface area contributed by atoms with E-state index >= 15 is 0 Å². The van der Waals surface area contributed by atoms with Gasteiger partial charge in [-0.15, -0.1) is 10.2 Å². The summed E-state index contributed by atoms with van der Waals surface area (Å²) in [6.45, 7) is 4.84. The predicted molar refractivity (Wildman–Crippen MR) is 107 cm³/mol. The topological polar surface area (TPSA) is 91.1 Å². The second kappa shape index (κ2) is 7.02. The molecule has 0 atom stereocenters. The maximum atomic E-state index is 9.03. The lowest BCUT2D eigenvalue weighted by Gasteiger charge is -2.33. The third-order valence-electron chi connectivity index (χ3n) is 5.30. The van der Waals surface area contributed by atoms with Crippen molar-refractivity contribution in [3.63, 3.8) is 0 Å². The molecule has 8 heteroatoms. The van der Waals surface area contributed by atoms with Crippen LogP contribution in [0.25, 0.3) is 0 Å². The van der Waals surface area contributed by atoms with Gasteiger partial charge in [-0.25, -0.2) is 4.98 Å². The number of pyridine rings is 2.